The van der Waals surface area contributed by atoms with Crippen LogP contribution in [0.5, 0.6) is 0 Å². The van der Waals surface area contributed by atoms with Crippen molar-refractivity contribution in [2.24, 2.45) is 11.1 Å². The van der Waals surface area contributed by atoms with Gasteiger partial charge >= 0.3 is 0 Å². The third-order valence-electron chi connectivity index (χ3n) is 3.64. The van der Waals surface area contributed by atoms with Crippen LogP contribution in [0, 0.1) is 5.41 Å². The molecule has 0 spiro atoms. The summed E-state index contributed by atoms with van der Waals surface area (Å²) >= 11 is 4.97. The molecule has 0 rings (SSSR count). The van der Waals surface area contributed by atoms with Crippen molar-refractivity contribution in [1.29, 1.82) is 0 Å². The molecule has 0 aromatic heterocycles. The van der Waals surface area contributed by atoms with E-state index in [4.69, 9.17) is 18.0 Å². The number of hydrogen-bond donors (Lipinski definition) is 2. The molecular weight excluding hydrogens is 234 g/mol. The Labute approximate surface area is 110 Å². The zero-order chi connectivity index (χ0) is 13.9. The molecule has 0 fully saturated rings. The van der Waals surface area contributed by atoms with Gasteiger partial charge in [-0.2, -0.15) is 0 Å². The van der Waals surface area contributed by atoms with E-state index in [0.717, 1.165) is 0 Å². The van der Waals surface area contributed by atoms with Gasteiger partial charge < -0.3 is 16.0 Å². The number of carbonyl (C=O) groups excluding carboxylic acids is 1. The van der Waals surface area contributed by atoms with Gasteiger partial charge in [0.15, 0.2) is 0 Å². The van der Waals surface area contributed by atoms with Crippen LogP contribution in [0.2, 0.25) is 0 Å². The topological polar surface area (TPSA) is 58.4 Å². The minimum Gasteiger partial charge on any atom is -0.392 e. The van der Waals surface area contributed by atoms with Gasteiger partial charge in [0, 0.05) is 12.1 Å². The van der Waals surface area contributed by atoms with Crippen molar-refractivity contribution < 1.29 is 4.79 Å². The van der Waals surface area contributed by atoms with Crippen molar-refractivity contribution in [2.45, 2.75) is 39.7 Å². The van der Waals surface area contributed by atoms with E-state index in [2.05, 4.69) is 24.1 Å². The van der Waals surface area contributed by atoms with Crippen LogP contribution in [0.25, 0.3) is 0 Å². The average molecular weight is 259 g/mol. The van der Waals surface area contributed by atoms with Crippen LogP contribution >= 0.6 is 12.2 Å². The summed E-state index contributed by atoms with van der Waals surface area (Å²) in [5.74, 6) is -0.0950. The molecule has 0 aliphatic carbocycles. The maximum atomic E-state index is 12.1. The number of nitrogens with zero attached hydrogens (tertiary/aromatic N) is 1. The van der Waals surface area contributed by atoms with Gasteiger partial charge in [-0.15, -0.1) is 0 Å². The maximum absolute atomic E-state index is 12.1. The minimum atomic E-state index is -0.752. The highest BCUT2D eigenvalue weighted by atomic mass is 32.1. The Morgan fingerprint density at radius 3 is 2.12 bits per heavy atom. The molecule has 17 heavy (non-hydrogen) atoms. The van der Waals surface area contributed by atoms with E-state index in [1.54, 1.807) is 6.92 Å². The van der Waals surface area contributed by atoms with E-state index in [9.17, 15) is 4.79 Å². The molecule has 0 radical (unpaired) electrons. The van der Waals surface area contributed by atoms with E-state index in [1.165, 1.54) is 0 Å². The second kappa shape index (κ2) is 5.78. The molecular formula is C12H25N3OS. The smallest absolute Gasteiger partial charge is 0.232 e. The quantitative estimate of drug-likeness (QED) is 0.703. The summed E-state index contributed by atoms with van der Waals surface area (Å²) in [7, 11) is 3.97. The first-order chi connectivity index (χ1) is 7.58. The number of hydrogen-bond acceptors (Lipinski definition) is 3. The maximum Gasteiger partial charge on any atom is 0.232 e. The Morgan fingerprint density at radius 2 is 1.82 bits per heavy atom. The molecule has 0 bridgehead atoms. The summed E-state index contributed by atoms with van der Waals surface area (Å²) in [6, 6.07) is 0. The van der Waals surface area contributed by atoms with Gasteiger partial charge in [0.2, 0.25) is 5.91 Å². The molecule has 0 aliphatic heterocycles. The zero-order valence-corrected chi connectivity index (χ0v) is 12.6. The molecule has 5 heteroatoms. The Hall–Kier alpha value is -0.680. The molecule has 3 N–H and O–H groups in total. The fourth-order valence-corrected chi connectivity index (χ4v) is 1.33. The number of amides is 1. The lowest BCUT2D eigenvalue weighted by Gasteiger charge is -2.34. The third-order valence-corrected chi connectivity index (χ3v) is 4.09. The minimum absolute atomic E-state index is 0.0950. The molecule has 1 amide bonds. The van der Waals surface area contributed by atoms with E-state index in [0.29, 0.717) is 13.0 Å². The molecule has 0 saturated heterocycles. The summed E-state index contributed by atoms with van der Waals surface area (Å²) in [6.45, 7) is 8.40. The van der Waals surface area contributed by atoms with Gasteiger partial charge in [0.1, 0.15) is 0 Å². The number of nitrogens with one attached hydrogen (secondary N) is 1. The highest BCUT2D eigenvalue weighted by Gasteiger charge is 2.35. The molecule has 1 unspecified atom stereocenters. The molecule has 0 aliphatic rings. The van der Waals surface area contributed by atoms with E-state index in [-0.39, 0.29) is 16.4 Å². The molecule has 0 aromatic carbocycles. The number of rotatable bonds is 6. The number of thiocarbonyl (C=S) groups is 1. The molecule has 0 aromatic rings. The summed E-state index contributed by atoms with van der Waals surface area (Å²) < 4.78 is 0. The molecule has 100 valence electrons. The summed E-state index contributed by atoms with van der Waals surface area (Å²) in [4.78, 5) is 14.4. The molecule has 4 nitrogen and oxygen atoms in total. The Bertz CT molecular complexity index is 302. The van der Waals surface area contributed by atoms with Gasteiger partial charge in [-0.1, -0.05) is 19.1 Å². The van der Waals surface area contributed by atoms with E-state index in [1.807, 2.05) is 21.0 Å². The van der Waals surface area contributed by atoms with Crippen molar-refractivity contribution in [2.75, 3.05) is 20.6 Å². The van der Waals surface area contributed by atoms with Gasteiger partial charge in [0.05, 0.1) is 10.4 Å². The molecule has 0 saturated carbocycles. The standard InChI is InChI=1S/C12H25N3OS/c1-7-12(4,9(13)17)10(16)14-8-11(2,3)15(5)6/h7-8H2,1-6H3,(H2,13,17)(H,14,16). The predicted octanol–water partition coefficient (Wildman–Crippen LogP) is 1.15. The molecule has 1 atom stereocenters. The van der Waals surface area contributed by atoms with Gasteiger partial charge in [-0.25, -0.2) is 0 Å². The first-order valence-corrected chi connectivity index (χ1v) is 6.24. The summed E-state index contributed by atoms with van der Waals surface area (Å²) in [5.41, 5.74) is 4.79. The Kier molecular flexibility index (Phi) is 5.55. The van der Waals surface area contributed by atoms with E-state index < -0.39 is 5.41 Å². The van der Waals surface area contributed by atoms with Crippen LogP contribution in [-0.2, 0) is 4.79 Å². The zero-order valence-electron chi connectivity index (χ0n) is 11.8. The van der Waals surface area contributed by atoms with Gasteiger partial charge in [-0.3, -0.25) is 4.79 Å². The Balaban J connectivity index is 4.61. The van der Waals surface area contributed by atoms with Crippen molar-refractivity contribution in [1.82, 2.24) is 10.2 Å². The second-order valence-electron chi connectivity index (χ2n) is 5.44. The average Bonchev–Trinajstić information content (AvgIpc) is 2.24. The van der Waals surface area contributed by atoms with Crippen LogP contribution in [0.1, 0.15) is 34.1 Å². The monoisotopic (exact) mass is 259 g/mol. The van der Waals surface area contributed by atoms with Crippen molar-refractivity contribution in [3.63, 3.8) is 0 Å². The highest BCUT2D eigenvalue weighted by Crippen LogP contribution is 2.22. The summed E-state index contributed by atoms with van der Waals surface area (Å²) in [6.07, 6.45) is 0.608. The van der Waals surface area contributed by atoms with Crippen molar-refractivity contribution in [3.05, 3.63) is 0 Å². The van der Waals surface area contributed by atoms with Crippen molar-refractivity contribution >= 4 is 23.1 Å². The highest BCUT2D eigenvalue weighted by molar-refractivity contribution is 7.80. The first kappa shape index (κ1) is 16.3. The first-order valence-electron chi connectivity index (χ1n) is 5.83. The lowest BCUT2D eigenvalue weighted by atomic mass is 9.86. The Morgan fingerprint density at radius 1 is 1.35 bits per heavy atom. The van der Waals surface area contributed by atoms with Crippen molar-refractivity contribution in [3.8, 4) is 0 Å². The number of nitrogens with two attached hydrogens (primary N) is 1. The van der Waals surface area contributed by atoms with Gasteiger partial charge in [-0.05, 0) is 41.3 Å². The lowest BCUT2D eigenvalue weighted by Crippen LogP contribution is -2.53. The van der Waals surface area contributed by atoms with Crippen LogP contribution in [-0.4, -0.2) is 42.0 Å². The SMILES string of the molecule is CCC(C)(C(=O)NCC(C)(C)N(C)C)C(N)=S. The van der Waals surface area contributed by atoms with Crippen LogP contribution in [0.4, 0.5) is 0 Å². The third kappa shape index (κ3) is 3.92. The predicted molar refractivity (Wildman–Crippen MR) is 76.0 cm³/mol. The van der Waals surface area contributed by atoms with Crippen LogP contribution < -0.4 is 11.1 Å². The van der Waals surface area contributed by atoms with E-state index >= 15 is 0 Å². The fraction of sp³-hybridized carbons (Fsp3) is 0.833. The number of likely N-dealkylation sites (N-methyl/N-ethyl adjacent to an activating group) is 1. The van der Waals surface area contributed by atoms with Gasteiger partial charge in [0.25, 0.3) is 0 Å². The van der Waals surface area contributed by atoms with Crippen LogP contribution in [0.3, 0.4) is 0 Å². The summed E-state index contributed by atoms with van der Waals surface area (Å²) in [5, 5.41) is 2.93. The lowest BCUT2D eigenvalue weighted by molar-refractivity contribution is -0.127. The van der Waals surface area contributed by atoms with Crippen LogP contribution in [0.15, 0.2) is 0 Å². The normalized spacial score (nSPS) is 15.5. The largest absolute Gasteiger partial charge is 0.392 e. The second-order valence-corrected chi connectivity index (χ2v) is 5.88. The number of carbonyl (C=O) groups is 1. The fourth-order valence-electron chi connectivity index (χ4n) is 1.10. The molecule has 0 heterocycles.